The Balaban J connectivity index is 1.68. The number of halogens is 7. The molecule has 5 nitrogen and oxygen atoms in total. The van der Waals surface area contributed by atoms with E-state index >= 15 is 0 Å². The van der Waals surface area contributed by atoms with Gasteiger partial charge in [0, 0.05) is 28.2 Å². The van der Waals surface area contributed by atoms with E-state index in [0.29, 0.717) is 29.0 Å². The van der Waals surface area contributed by atoms with Crippen LogP contribution in [0.25, 0.3) is 10.9 Å². The summed E-state index contributed by atoms with van der Waals surface area (Å²) in [7, 11) is 0. The van der Waals surface area contributed by atoms with Crippen molar-refractivity contribution in [1.29, 1.82) is 0 Å². The second-order valence-corrected chi connectivity index (χ2v) is 10.7. The summed E-state index contributed by atoms with van der Waals surface area (Å²) in [5.41, 5.74) is 0.100. The molecule has 1 saturated carbocycles. The maximum atomic E-state index is 13.3. The minimum atomic E-state index is -4.56. The number of ether oxygens (including phenoxy) is 3. The van der Waals surface area contributed by atoms with Gasteiger partial charge in [0.25, 0.3) is 0 Å². The number of allylic oxidation sites excluding steroid dienone is 4. The molecule has 4 rings (SSSR count). The Bertz CT molecular complexity index is 1540. The molecule has 12 heteroatoms. The number of nitrogens with zero attached hydrogens (tertiary/aromatic N) is 1. The fourth-order valence-electron chi connectivity index (χ4n) is 4.38. The molecule has 0 spiro atoms. The molecule has 0 saturated heterocycles. The number of aromatic nitrogens is 1. The Labute approximate surface area is 255 Å². The summed E-state index contributed by atoms with van der Waals surface area (Å²) in [6.07, 6.45) is 0.707. The number of carbonyl (C=O) groups excluding carboxylic acids is 1. The van der Waals surface area contributed by atoms with E-state index < -0.39 is 37.0 Å². The summed E-state index contributed by atoms with van der Waals surface area (Å²) in [6, 6.07) is 9.02. The van der Waals surface area contributed by atoms with Crippen LogP contribution in [0, 0.1) is 5.92 Å². The predicted octanol–water partition coefficient (Wildman–Crippen LogP) is 9.55. The minimum Gasteiger partial charge on any atom is -0.489 e. The fourth-order valence-corrected chi connectivity index (χ4v) is 4.78. The lowest BCUT2D eigenvalue weighted by Crippen LogP contribution is -2.18. The Morgan fingerprint density at radius 3 is 2.49 bits per heavy atom. The Morgan fingerprint density at radius 1 is 1.12 bits per heavy atom. The van der Waals surface area contributed by atoms with Crippen molar-refractivity contribution >= 4 is 40.1 Å². The summed E-state index contributed by atoms with van der Waals surface area (Å²) >= 11 is 12.8. The third-order valence-electron chi connectivity index (χ3n) is 6.80. The summed E-state index contributed by atoms with van der Waals surface area (Å²) < 4.78 is 83.8. The molecular formula is C31H28Cl2F5NO4. The number of fused-ring (bicyclic) bond motifs is 1. The van der Waals surface area contributed by atoms with Crippen LogP contribution in [0.3, 0.4) is 0 Å². The van der Waals surface area contributed by atoms with E-state index in [9.17, 15) is 26.7 Å². The molecule has 0 amide bonds. The van der Waals surface area contributed by atoms with Crippen LogP contribution in [0.2, 0.25) is 0 Å². The molecule has 3 aromatic rings. The molecule has 0 radical (unpaired) electrons. The van der Waals surface area contributed by atoms with Crippen LogP contribution in [-0.4, -0.2) is 23.8 Å². The molecule has 1 atom stereocenters. The zero-order valence-corrected chi connectivity index (χ0v) is 24.5. The first kappa shape index (κ1) is 32.4. The van der Waals surface area contributed by atoms with Crippen molar-refractivity contribution in [1.82, 2.24) is 4.57 Å². The second kappa shape index (κ2) is 13.9. The highest BCUT2D eigenvalue weighted by atomic mass is 35.5. The molecule has 1 aliphatic rings. The highest BCUT2D eigenvalue weighted by molar-refractivity contribution is 6.36. The van der Waals surface area contributed by atoms with Gasteiger partial charge in [0.1, 0.15) is 12.6 Å². The van der Waals surface area contributed by atoms with E-state index in [0.717, 1.165) is 25.0 Å². The average molecular weight is 644 g/mol. The third kappa shape index (κ3) is 8.54. The molecule has 1 heterocycles. The number of benzene rings is 2. The fraction of sp³-hybridized carbons (Fsp3) is 0.323. The molecule has 0 N–H and O–H groups in total. The molecule has 0 aliphatic heterocycles. The van der Waals surface area contributed by atoms with Crippen LogP contribution in [0.5, 0.6) is 11.5 Å². The van der Waals surface area contributed by atoms with E-state index in [4.69, 9.17) is 32.7 Å². The monoisotopic (exact) mass is 643 g/mol. The van der Waals surface area contributed by atoms with Crippen LogP contribution >= 0.6 is 23.2 Å². The lowest BCUT2D eigenvalue weighted by atomic mass is 9.99. The first-order chi connectivity index (χ1) is 20.4. The van der Waals surface area contributed by atoms with Gasteiger partial charge in [-0.2, -0.15) is 22.0 Å². The predicted molar refractivity (Wildman–Crippen MR) is 154 cm³/mol. The Hall–Kier alpha value is -3.50. The molecule has 230 valence electrons. The number of esters is 1. The van der Waals surface area contributed by atoms with E-state index in [1.807, 2.05) is 0 Å². The van der Waals surface area contributed by atoms with E-state index in [-0.39, 0.29) is 33.5 Å². The number of hydrogen-bond acceptors (Lipinski definition) is 4. The molecule has 43 heavy (non-hydrogen) atoms. The van der Waals surface area contributed by atoms with Crippen molar-refractivity contribution in [3.63, 3.8) is 0 Å². The summed E-state index contributed by atoms with van der Waals surface area (Å²) in [6.45, 7) is 2.15. The van der Waals surface area contributed by atoms with Crippen LogP contribution in [0.1, 0.15) is 43.4 Å². The van der Waals surface area contributed by atoms with E-state index in [2.05, 4.69) is 11.3 Å². The molecule has 1 aromatic heterocycles. The first-order valence-electron chi connectivity index (χ1n) is 13.3. The maximum absolute atomic E-state index is 13.3. The molecule has 1 fully saturated rings. The smallest absolute Gasteiger partial charge is 0.416 e. The van der Waals surface area contributed by atoms with Crippen molar-refractivity contribution < 1.29 is 41.0 Å². The SMILES string of the molecule is C=C/C(Cl)=C(C[C@H](OC(=O)Cn1ccc2ccc(C(F)(F)F)cc21)c1ccc(OC(F)F)c(OCC2CC2)c1)\C(Cl)=C/C. The number of rotatable bonds is 13. The molecule has 0 bridgehead atoms. The first-order valence-corrected chi connectivity index (χ1v) is 14.1. The topological polar surface area (TPSA) is 49.7 Å². The quantitative estimate of drug-likeness (QED) is 0.106. The van der Waals surface area contributed by atoms with Gasteiger partial charge in [-0.05, 0) is 72.5 Å². The summed E-state index contributed by atoms with van der Waals surface area (Å²) in [5, 5.41) is 0.972. The van der Waals surface area contributed by atoms with Gasteiger partial charge in [-0.1, -0.05) is 54.1 Å². The second-order valence-electron chi connectivity index (χ2n) is 9.90. The Morgan fingerprint density at radius 2 is 1.86 bits per heavy atom. The Kier molecular flexibility index (Phi) is 10.4. The van der Waals surface area contributed by atoms with Gasteiger partial charge < -0.3 is 18.8 Å². The van der Waals surface area contributed by atoms with Gasteiger partial charge in [-0.15, -0.1) is 0 Å². The zero-order chi connectivity index (χ0) is 31.3. The van der Waals surface area contributed by atoms with Gasteiger partial charge in [-0.3, -0.25) is 4.79 Å². The lowest BCUT2D eigenvalue weighted by molar-refractivity contribution is -0.150. The van der Waals surface area contributed by atoms with Crippen LogP contribution in [-0.2, 0) is 22.3 Å². The highest BCUT2D eigenvalue weighted by Gasteiger charge is 2.31. The van der Waals surface area contributed by atoms with Crippen molar-refractivity contribution in [2.24, 2.45) is 5.92 Å². The van der Waals surface area contributed by atoms with Crippen LogP contribution in [0.15, 0.2) is 83.0 Å². The van der Waals surface area contributed by atoms with Gasteiger partial charge in [0.15, 0.2) is 11.5 Å². The highest BCUT2D eigenvalue weighted by Crippen LogP contribution is 2.39. The van der Waals surface area contributed by atoms with Crippen molar-refractivity contribution in [3.05, 3.63) is 94.2 Å². The minimum absolute atomic E-state index is 0.0401. The number of hydrogen-bond donors (Lipinski definition) is 0. The van der Waals surface area contributed by atoms with Crippen LogP contribution < -0.4 is 9.47 Å². The summed E-state index contributed by atoms with van der Waals surface area (Å²) in [4.78, 5) is 13.3. The zero-order valence-electron chi connectivity index (χ0n) is 23.0. The standard InChI is InChI=1S/C31H28Cl2F5NO4/c1-3-23(32)22(24(33)4-2)15-27(20-8-10-26(43-30(34)35)28(13-20)41-17-18-5-6-18)42-29(40)16-39-12-11-19-7-9-21(14-25(19)39)31(36,37)38/h3-4,7-14,18,27,30H,1,5-6,15-17H2,2H3/b23-22+,24-4+/t27-/m0/s1. The lowest BCUT2D eigenvalue weighted by Gasteiger charge is -2.22. The molecule has 1 aliphatic carbocycles. The van der Waals surface area contributed by atoms with Gasteiger partial charge in [0.2, 0.25) is 0 Å². The number of alkyl halides is 5. The normalized spacial score (nSPS) is 15.3. The van der Waals surface area contributed by atoms with Crippen molar-refractivity contribution in [3.8, 4) is 11.5 Å². The molecule has 2 aromatic carbocycles. The maximum Gasteiger partial charge on any atom is 0.416 e. The van der Waals surface area contributed by atoms with Crippen molar-refractivity contribution in [2.75, 3.05) is 6.61 Å². The average Bonchev–Trinajstić information content (AvgIpc) is 3.72. The third-order valence-corrected chi connectivity index (χ3v) is 7.63. The molecular weight excluding hydrogens is 616 g/mol. The van der Waals surface area contributed by atoms with Gasteiger partial charge >= 0.3 is 18.8 Å². The number of carbonyl (C=O) groups is 1. The van der Waals surface area contributed by atoms with Gasteiger partial charge in [-0.25, -0.2) is 0 Å². The van der Waals surface area contributed by atoms with E-state index in [1.54, 1.807) is 19.1 Å². The van der Waals surface area contributed by atoms with Crippen molar-refractivity contribution in [2.45, 2.75) is 51.6 Å². The molecule has 0 unspecified atom stereocenters. The summed E-state index contributed by atoms with van der Waals surface area (Å²) in [5.74, 6) is -0.617. The van der Waals surface area contributed by atoms with E-state index in [1.165, 1.54) is 41.1 Å². The largest absolute Gasteiger partial charge is 0.489 e. The van der Waals surface area contributed by atoms with Crippen LogP contribution in [0.4, 0.5) is 22.0 Å². The van der Waals surface area contributed by atoms with Gasteiger partial charge in [0.05, 0.1) is 12.2 Å².